The molecule has 1 heteroatoms. The Balaban J connectivity index is 3.19. The fourth-order valence-electron chi connectivity index (χ4n) is 2.22. The summed E-state index contributed by atoms with van der Waals surface area (Å²) in [7, 11) is 0. The van der Waals surface area contributed by atoms with Crippen molar-refractivity contribution in [2.24, 2.45) is 0 Å². The maximum Gasteiger partial charge on any atom is 0.0518 e. The third kappa shape index (κ3) is 19.2. The van der Waals surface area contributed by atoms with Gasteiger partial charge in [-0.1, -0.05) is 69.1 Å². The first-order valence-electron chi connectivity index (χ1n) is 9.34. The number of ether oxygens (including phenoxy) is 1. The molecule has 0 saturated carbocycles. The van der Waals surface area contributed by atoms with Crippen molar-refractivity contribution in [3.05, 3.63) is 36.5 Å². The molecule has 0 amide bonds. The monoisotopic (exact) mass is 306 g/mol. The van der Waals surface area contributed by atoms with Crippen LogP contribution in [-0.2, 0) is 4.74 Å². The van der Waals surface area contributed by atoms with E-state index in [-0.39, 0.29) is 0 Å². The van der Waals surface area contributed by atoms with Crippen molar-refractivity contribution in [2.45, 2.75) is 91.1 Å². The fourth-order valence-corrected chi connectivity index (χ4v) is 2.22. The van der Waals surface area contributed by atoms with Crippen LogP contribution in [0.2, 0.25) is 0 Å². The molecule has 0 atom stereocenters. The minimum Gasteiger partial charge on any atom is -0.379 e. The van der Waals surface area contributed by atoms with Gasteiger partial charge in [-0.15, -0.1) is 0 Å². The van der Waals surface area contributed by atoms with E-state index >= 15 is 0 Å². The molecule has 0 radical (unpaired) electrons. The van der Waals surface area contributed by atoms with Crippen LogP contribution in [0.1, 0.15) is 85.0 Å². The van der Waals surface area contributed by atoms with Crippen LogP contribution in [-0.4, -0.2) is 12.7 Å². The lowest BCUT2D eigenvalue weighted by Gasteiger charge is -2.06. The van der Waals surface area contributed by atoms with Gasteiger partial charge in [0.25, 0.3) is 0 Å². The van der Waals surface area contributed by atoms with E-state index < -0.39 is 0 Å². The van der Waals surface area contributed by atoms with Gasteiger partial charge in [0, 0.05) is 6.61 Å². The van der Waals surface area contributed by atoms with Gasteiger partial charge in [-0.2, -0.15) is 0 Å². The molecule has 0 unspecified atom stereocenters. The number of allylic oxidation sites excluding steroid dienone is 6. The smallest absolute Gasteiger partial charge is 0.0518 e. The minimum absolute atomic E-state index is 0.384. The van der Waals surface area contributed by atoms with Crippen LogP contribution in [0.5, 0.6) is 0 Å². The normalized spacial score (nSPS) is 12.5. The Morgan fingerprint density at radius 1 is 0.682 bits per heavy atom. The average molecular weight is 307 g/mol. The molecule has 0 aliphatic carbocycles. The molecular formula is C21H38O. The van der Waals surface area contributed by atoms with E-state index in [9.17, 15) is 0 Å². The average Bonchev–Trinajstić information content (AvgIpc) is 2.50. The minimum atomic E-state index is 0.384. The molecule has 0 aliphatic heterocycles. The molecule has 0 spiro atoms. The predicted octanol–water partition coefficient (Wildman–Crippen LogP) is 7.00. The molecule has 0 fully saturated rings. The van der Waals surface area contributed by atoms with E-state index in [0.29, 0.717) is 6.10 Å². The Morgan fingerprint density at radius 2 is 1.23 bits per heavy atom. The van der Waals surface area contributed by atoms with Crippen molar-refractivity contribution in [3.8, 4) is 0 Å². The van der Waals surface area contributed by atoms with E-state index in [4.69, 9.17) is 4.74 Å². The Morgan fingerprint density at radius 3 is 1.86 bits per heavy atom. The summed E-state index contributed by atoms with van der Waals surface area (Å²) in [5.41, 5.74) is 0. The summed E-state index contributed by atoms with van der Waals surface area (Å²) >= 11 is 0. The molecule has 0 rings (SSSR count). The lowest BCUT2D eigenvalue weighted by molar-refractivity contribution is 0.0757. The molecule has 0 aliphatic rings. The molecule has 0 saturated heterocycles. The van der Waals surface area contributed by atoms with E-state index in [1.165, 1.54) is 44.9 Å². The largest absolute Gasteiger partial charge is 0.379 e. The van der Waals surface area contributed by atoms with Crippen molar-refractivity contribution >= 4 is 0 Å². The van der Waals surface area contributed by atoms with Crippen LogP contribution in [0.15, 0.2) is 36.5 Å². The van der Waals surface area contributed by atoms with Gasteiger partial charge in [-0.05, 0) is 52.4 Å². The van der Waals surface area contributed by atoms with Crippen LogP contribution in [0, 0.1) is 0 Å². The SMILES string of the molecule is CC/C=C\C/C=C\C/C=C\CCCCCCCCOC(C)C. The Hall–Kier alpha value is -0.820. The van der Waals surface area contributed by atoms with Gasteiger partial charge in [0.2, 0.25) is 0 Å². The highest BCUT2D eigenvalue weighted by molar-refractivity contribution is 4.96. The van der Waals surface area contributed by atoms with Gasteiger partial charge >= 0.3 is 0 Å². The second kappa shape index (κ2) is 18.2. The molecule has 0 N–H and O–H groups in total. The molecule has 0 aromatic heterocycles. The highest BCUT2D eigenvalue weighted by Crippen LogP contribution is 2.08. The van der Waals surface area contributed by atoms with E-state index in [2.05, 4.69) is 57.2 Å². The van der Waals surface area contributed by atoms with Crippen LogP contribution in [0.4, 0.5) is 0 Å². The fraction of sp³-hybridized carbons (Fsp3) is 0.714. The van der Waals surface area contributed by atoms with Crippen molar-refractivity contribution < 1.29 is 4.74 Å². The van der Waals surface area contributed by atoms with Gasteiger partial charge in [0.15, 0.2) is 0 Å². The predicted molar refractivity (Wildman–Crippen MR) is 100 cm³/mol. The first-order valence-corrected chi connectivity index (χ1v) is 9.34. The number of hydrogen-bond donors (Lipinski definition) is 0. The van der Waals surface area contributed by atoms with E-state index in [0.717, 1.165) is 25.9 Å². The highest BCUT2D eigenvalue weighted by atomic mass is 16.5. The molecule has 22 heavy (non-hydrogen) atoms. The summed E-state index contributed by atoms with van der Waals surface area (Å²) in [5.74, 6) is 0. The second-order valence-corrected chi connectivity index (χ2v) is 6.12. The number of rotatable bonds is 15. The third-order valence-corrected chi connectivity index (χ3v) is 3.50. The lowest BCUT2D eigenvalue weighted by atomic mass is 10.1. The topological polar surface area (TPSA) is 9.23 Å². The maximum absolute atomic E-state index is 5.54. The molecular weight excluding hydrogens is 268 g/mol. The van der Waals surface area contributed by atoms with E-state index in [1.807, 2.05) is 0 Å². The Kier molecular flexibility index (Phi) is 17.6. The first-order chi connectivity index (χ1) is 10.8. The summed E-state index contributed by atoms with van der Waals surface area (Å²) in [4.78, 5) is 0. The zero-order valence-electron chi connectivity index (χ0n) is 15.2. The molecule has 0 aromatic carbocycles. The summed E-state index contributed by atoms with van der Waals surface area (Å²) in [5, 5.41) is 0. The van der Waals surface area contributed by atoms with Crippen LogP contribution in [0.25, 0.3) is 0 Å². The molecule has 0 aromatic rings. The zero-order valence-corrected chi connectivity index (χ0v) is 15.2. The van der Waals surface area contributed by atoms with Crippen molar-refractivity contribution in [1.82, 2.24) is 0 Å². The van der Waals surface area contributed by atoms with E-state index in [1.54, 1.807) is 0 Å². The summed E-state index contributed by atoms with van der Waals surface area (Å²) in [6.07, 6.45) is 26.5. The lowest BCUT2D eigenvalue weighted by Crippen LogP contribution is -2.03. The number of unbranched alkanes of at least 4 members (excludes halogenated alkanes) is 6. The zero-order chi connectivity index (χ0) is 16.3. The molecule has 128 valence electrons. The highest BCUT2D eigenvalue weighted by Gasteiger charge is 1.93. The van der Waals surface area contributed by atoms with Crippen molar-refractivity contribution in [2.75, 3.05) is 6.61 Å². The second-order valence-electron chi connectivity index (χ2n) is 6.12. The first kappa shape index (κ1) is 21.2. The third-order valence-electron chi connectivity index (χ3n) is 3.50. The van der Waals surface area contributed by atoms with Crippen LogP contribution >= 0.6 is 0 Å². The quantitative estimate of drug-likeness (QED) is 0.234. The van der Waals surface area contributed by atoms with Gasteiger partial charge < -0.3 is 4.74 Å². The van der Waals surface area contributed by atoms with Crippen LogP contribution < -0.4 is 0 Å². The van der Waals surface area contributed by atoms with Gasteiger partial charge in [-0.25, -0.2) is 0 Å². The standard InChI is InChI=1S/C21H38O/c1-4-5-6-7-8-9-10-11-12-13-14-15-16-17-18-19-20-22-21(2)3/h5-6,8-9,11-12,21H,4,7,10,13-20H2,1-3H3/b6-5-,9-8-,12-11-. The molecule has 0 heterocycles. The van der Waals surface area contributed by atoms with Crippen LogP contribution in [0.3, 0.4) is 0 Å². The van der Waals surface area contributed by atoms with Crippen molar-refractivity contribution in [3.63, 3.8) is 0 Å². The summed E-state index contributed by atoms with van der Waals surface area (Å²) in [6.45, 7) is 7.31. The van der Waals surface area contributed by atoms with Gasteiger partial charge in [-0.3, -0.25) is 0 Å². The van der Waals surface area contributed by atoms with Gasteiger partial charge in [0.05, 0.1) is 6.10 Å². The maximum atomic E-state index is 5.54. The molecule has 1 nitrogen and oxygen atoms in total. The Labute approximate surface area is 139 Å². The summed E-state index contributed by atoms with van der Waals surface area (Å²) < 4.78 is 5.54. The number of hydrogen-bond acceptors (Lipinski definition) is 1. The Bertz CT molecular complexity index is 286. The summed E-state index contributed by atoms with van der Waals surface area (Å²) in [6, 6.07) is 0. The van der Waals surface area contributed by atoms with Crippen molar-refractivity contribution in [1.29, 1.82) is 0 Å². The molecule has 0 bridgehead atoms. The van der Waals surface area contributed by atoms with Gasteiger partial charge in [0.1, 0.15) is 0 Å².